The first-order valence-corrected chi connectivity index (χ1v) is 10.8. The number of fused-ring (bicyclic) bond motifs is 1. The molecular weight excluding hydrogens is 374 g/mol. The van der Waals surface area contributed by atoms with Crippen LogP contribution in [0, 0.1) is 0 Å². The van der Waals surface area contributed by atoms with Crippen molar-refractivity contribution in [2.24, 2.45) is 0 Å². The molecule has 0 unspecified atom stereocenters. The van der Waals surface area contributed by atoms with Gasteiger partial charge in [0.2, 0.25) is 0 Å². The lowest BCUT2D eigenvalue weighted by atomic mass is 9.88. The van der Waals surface area contributed by atoms with E-state index in [4.69, 9.17) is 0 Å². The van der Waals surface area contributed by atoms with Gasteiger partial charge in [0.15, 0.2) is 5.82 Å². The summed E-state index contributed by atoms with van der Waals surface area (Å²) >= 11 is 0. The summed E-state index contributed by atoms with van der Waals surface area (Å²) in [5.74, 6) is 2.13. The Morgan fingerprint density at radius 3 is 2.30 bits per heavy atom. The number of aryl methyl sites for hydroxylation is 1. The van der Waals surface area contributed by atoms with Crippen molar-refractivity contribution < 1.29 is 4.79 Å². The number of benzene rings is 2. The average molecular weight is 404 g/mol. The third kappa shape index (κ3) is 5.06. The molecule has 4 rings (SSSR count). The molecular formula is C24H29N5O. The highest BCUT2D eigenvalue weighted by Gasteiger charge is 2.16. The molecule has 1 aliphatic heterocycles. The molecule has 6 heteroatoms. The maximum absolute atomic E-state index is 12.3. The largest absolute Gasteiger partial charge is 0.338 e. The number of aromatic nitrogens is 3. The molecule has 0 fully saturated rings. The van der Waals surface area contributed by atoms with Crippen LogP contribution in [0.3, 0.4) is 0 Å². The maximum Gasteiger partial charge on any atom is 0.315 e. The van der Waals surface area contributed by atoms with Crippen molar-refractivity contribution in [1.82, 2.24) is 25.4 Å². The molecule has 0 bridgehead atoms. The number of carbonyl (C=O) groups is 1. The molecule has 3 aromatic rings. The quantitative estimate of drug-likeness (QED) is 0.626. The van der Waals surface area contributed by atoms with E-state index in [2.05, 4.69) is 73.9 Å². The molecule has 2 N–H and O–H groups in total. The van der Waals surface area contributed by atoms with Crippen LogP contribution in [-0.2, 0) is 19.5 Å². The van der Waals surface area contributed by atoms with Crippen molar-refractivity contribution in [2.75, 3.05) is 6.54 Å². The van der Waals surface area contributed by atoms with E-state index in [0.717, 1.165) is 43.9 Å². The Morgan fingerprint density at radius 2 is 1.60 bits per heavy atom. The second-order valence-electron chi connectivity index (χ2n) is 7.77. The predicted molar refractivity (Wildman–Crippen MR) is 117 cm³/mol. The van der Waals surface area contributed by atoms with Crippen LogP contribution in [0.15, 0.2) is 60.7 Å². The summed E-state index contributed by atoms with van der Waals surface area (Å²) in [6, 6.07) is 20.7. The van der Waals surface area contributed by atoms with E-state index in [1.165, 1.54) is 17.5 Å². The van der Waals surface area contributed by atoms with Crippen LogP contribution in [-0.4, -0.2) is 27.3 Å². The summed E-state index contributed by atoms with van der Waals surface area (Å²) in [7, 11) is 0. The van der Waals surface area contributed by atoms with Gasteiger partial charge in [-0.3, -0.25) is 0 Å². The number of hydrogen-bond donors (Lipinski definition) is 2. The zero-order valence-corrected chi connectivity index (χ0v) is 17.3. The van der Waals surface area contributed by atoms with Gasteiger partial charge in [-0.2, -0.15) is 0 Å². The first kappa shape index (κ1) is 20.1. The molecule has 0 saturated carbocycles. The minimum atomic E-state index is -0.166. The Labute approximate surface area is 177 Å². The molecule has 0 aliphatic carbocycles. The van der Waals surface area contributed by atoms with Crippen molar-refractivity contribution in [3.05, 3.63) is 83.4 Å². The third-order valence-electron chi connectivity index (χ3n) is 5.72. The van der Waals surface area contributed by atoms with Crippen LogP contribution in [0.5, 0.6) is 0 Å². The highest BCUT2D eigenvalue weighted by molar-refractivity contribution is 5.73. The fourth-order valence-electron chi connectivity index (χ4n) is 4.12. The van der Waals surface area contributed by atoms with Gasteiger partial charge >= 0.3 is 6.03 Å². The van der Waals surface area contributed by atoms with Gasteiger partial charge < -0.3 is 15.2 Å². The van der Waals surface area contributed by atoms with Crippen LogP contribution in [0.1, 0.15) is 54.4 Å². The Morgan fingerprint density at radius 1 is 0.900 bits per heavy atom. The van der Waals surface area contributed by atoms with Gasteiger partial charge in [-0.25, -0.2) is 4.79 Å². The number of rotatable bonds is 7. The van der Waals surface area contributed by atoms with E-state index in [1.807, 2.05) is 12.1 Å². The Hall–Kier alpha value is -3.15. The fraction of sp³-hybridized carbons (Fsp3) is 0.375. The highest BCUT2D eigenvalue weighted by atomic mass is 16.2. The maximum atomic E-state index is 12.3. The van der Waals surface area contributed by atoms with Crippen LogP contribution < -0.4 is 10.6 Å². The van der Waals surface area contributed by atoms with Gasteiger partial charge in [-0.1, -0.05) is 67.1 Å². The number of carbonyl (C=O) groups excluding carboxylic acids is 1. The number of nitrogens with zero attached hydrogens (tertiary/aromatic N) is 3. The summed E-state index contributed by atoms with van der Waals surface area (Å²) in [5, 5.41) is 14.5. The Kier molecular flexibility index (Phi) is 6.75. The fourth-order valence-corrected chi connectivity index (χ4v) is 4.12. The highest BCUT2D eigenvalue weighted by Crippen LogP contribution is 2.27. The van der Waals surface area contributed by atoms with Crippen LogP contribution >= 0.6 is 0 Å². The van der Waals surface area contributed by atoms with Crippen molar-refractivity contribution in [3.8, 4) is 0 Å². The first-order chi connectivity index (χ1) is 14.8. The molecule has 0 saturated heterocycles. The molecule has 2 aromatic carbocycles. The van der Waals surface area contributed by atoms with Gasteiger partial charge in [0, 0.05) is 25.4 Å². The smallest absolute Gasteiger partial charge is 0.315 e. The molecule has 0 spiro atoms. The van der Waals surface area contributed by atoms with E-state index in [-0.39, 0.29) is 11.9 Å². The lowest BCUT2D eigenvalue weighted by Crippen LogP contribution is -2.36. The van der Waals surface area contributed by atoms with Crippen LogP contribution in [0.25, 0.3) is 0 Å². The molecule has 1 aliphatic rings. The summed E-state index contributed by atoms with van der Waals surface area (Å²) < 4.78 is 2.16. The summed E-state index contributed by atoms with van der Waals surface area (Å²) in [4.78, 5) is 12.3. The molecule has 0 radical (unpaired) electrons. The normalized spacial score (nSPS) is 13.5. The van der Waals surface area contributed by atoms with E-state index >= 15 is 0 Å². The minimum absolute atomic E-state index is 0.166. The SMILES string of the molecule is O=C(NCCC(c1ccccc1)c1ccccc1)NCc1nnc2n1CCCCC2. The van der Waals surface area contributed by atoms with Crippen LogP contribution in [0.2, 0.25) is 0 Å². The van der Waals surface area contributed by atoms with E-state index in [1.54, 1.807) is 0 Å². The Balaban J connectivity index is 1.30. The molecule has 0 atom stereocenters. The van der Waals surface area contributed by atoms with Gasteiger partial charge in [0.1, 0.15) is 5.82 Å². The molecule has 2 heterocycles. The first-order valence-electron chi connectivity index (χ1n) is 10.8. The molecule has 6 nitrogen and oxygen atoms in total. The van der Waals surface area contributed by atoms with Crippen molar-refractivity contribution in [1.29, 1.82) is 0 Å². The monoisotopic (exact) mass is 403 g/mol. The Bertz CT molecular complexity index is 899. The lowest BCUT2D eigenvalue weighted by Gasteiger charge is -2.18. The van der Waals surface area contributed by atoms with Gasteiger partial charge in [-0.05, 0) is 30.4 Å². The number of amides is 2. The number of hydrogen-bond acceptors (Lipinski definition) is 3. The van der Waals surface area contributed by atoms with Gasteiger partial charge in [-0.15, -0.1) is 10.2 Å². The van der Waals surface area contributed by atoms with Crippen molar-refractivity contribution in [2.45, 2.75) is 51.1 Å². The van der Waals surface area contributed by atoms with Crippen molar-refractivity contribution >= 4 is 6.03 Å². The van der Waals surface area contributed by atoms with Crippen LogP contribution in [0.4, 0.5) is 4.79 Å². The predicted octanol–water partition coefficient (Wildman–Crippen LogP) is 4.03. The summed E-state index contributed by atoms with van der Waals surface area (Å²) in [6.07, 6.45) is 5.34. The molecule has 1 aromatic heterocycles. The van der Waals surface area contributed by atoms with E-state index < -0.39 is 0 Å². The summed E-state index contributed by atoms with van der Waals surface area (Å²) in [5.41, 5.74) is 2.52. The van der Waals surface area contributed by atoms with Gasteiger partial charge in [0.05, 0.1) is 6.54 Å². The lowest BCUT2D eigenvalue weighted by molar-refractivity contribution is 0.240. The molecule has 156 valence electrons. The number of nitrogens with one attached hydrogen (secondary N) is 2. The summed E-state index contributed by atoms with van der Waals surface area (Å²) in [6.45, 7) is 1.94. The minimum Gasteiger partial charge on any atom is -0.338 e. The second-order valence-corrected chi connectivity index (χ2v) is 7.77. The topological polar surface area (TPSA) is 71.8 Å². The van der Waals surface area contributed by atoms with E-state index in [9.17, 15) is 4.79 Å². The third-order valence-corrected chi connectivity index (χ3v) is 5.72. The van der Waals surface area contributed by atoms with Gasteiger partial charge in [0.25, 0.3) is 0 Å². The zero-order chi connectivity index (χ0) is 20.6. The number of urea groups is 1. The molecule has 30 heavy (non-hydrogen) atoms. The standard InChI is InChI=1S/C24H29N5O/c30-24(26-18-23-28-27-22-14-8-3-9-17-29(22)23)25-16-15-21(19-10-4-1-5-11-19)20-12-6-2-7-13-20/h1-2,4-7,10-13,21H,3,8-9,14-18H2,(H2,25,26,30). The average Bonchev–Trinajstić information content (AvgIpc) is 3.02. The zero-order valence-electron chi connectivity index (χ0n) is 17.3. The van der Waals surface area contributed by atoms with Crippen molar-refractivity contribution in [3.63, 3.8) is 0 Å². The molecule has 2 amide bonds. The van der Waals surface area contributed by atoms with E-state index in [0.29, 0.717) is 13.1 Å². The second kappa shape index (κ2) is 10.1.